The van der Waals surface area contributed by atoms with Crippen LogP contribution in [0.5, 0.6) is 5.75 Å². The Labute approximate surface area is 181 Å². The first-order valence-electron chi connectivity index (χ1n) is 9.87. The number of amides is 1. The SMILES string of the molecule is N#CCc1ccc(OCc2ccccc2NC(=O)C2CC2c2ccccc2Cl)cc1. The molecule has 0 bridgehead atoms. The van der Waals surface area contributed by atoms with E-state index in [2.05, 4.69) is 11.4 Å². The van der Waals surface area contributed by atoms with Crippen molar-refractivity contribution in [1.82, 2.24) is 0 Å². The average molecular weight is 417 g/mol. The normalized spacial score (nSPS) is 17.1. The van der Waals surface area contributed by atoms with Gasteiger partial charge in [-0.25, -0.2) is 0 Å². The first kappa shape index (κ1) is 20.0. The van der Waals surface area contributed by atoms with Crippen LogP contribution in [0.4, 0.5) is 5.69 Å². The molecule has 5 heteroatoms. The summed E-state index contributed by atoms with van der Waals surface area (Å²) in [5, 5.41) is 12.5. The monoisotopic (exact) mass is 416 g/mol. The molecule has 0 spiro atoms. The zero-order valence-electron chi connectivity index (χ0n) is 16.3. The van der Waals surface area contributed by atoms with Gasteiger partial charge in [0.25, 0.3) is 0 Å². The summed E-state index contributed by atoms with van der Waals surface area (Å²) in [6.07, 6.45) is 1.19. The average Bonchev–Trinajstić information content (AvgIpc) is 3.56. The third kappa shape index (κ3) is 4.64. The number of carbonyl (C=O) groups is 1. The van der Waals surface area contributed by atoms with Gasteiger partial charge in [-0.1, -0.05) is 60.1 Å². The number of carbonyl (C=O) groups excluding carboxylic acids is 1. The van der Waals surface area contributed by atoms with Gasteiger partial charge in [0.05, 0.1) is 12.5 Å². The van der Waals surface area contributed by atoms with Crippen LogP contribution >= 0.6 is 11.6 Å². The van der Waals surface area contributed by atoms with Gasteiger partial charge < -0.3 is 10.1 Å². The van der Waals surface area contributed by atoms with E-state index in [4.69, 9.17) is 21.6 Å². The Morgan fingerprint density at radius 2 is 1.80 bits per heavy atom. The van der Waals surface area contributed by atoms with Gasteiger partial charge >= 0.3 is 0 Å². The summed E-state index contributed by atoms with van der Waals surface area (Å²) in [6.45, 7) is 0.340. The minimum atomic E-state index is -0.0634. The van der Waals surface area contributed by atoms with Crippen LogP contribution in [0.25, 0.3) is 0 Å². The Morgan fingerprint density at radius 3 is 2.57 bits per heavy atom. The zero-order valence-corrected chi connectivity index (χ0v) is 17.1. The van der Waals surface area contributed by atoms with Crippen LogP contribution in [-0.2, 0) is 17.8 Å². The quantitative estimate of drug-likeness (QED) is 0.535. The fraction of sp³-hybridized carbons (Fsp3) is 0.200. The van der Waals surface area contributed by atoms with Crippen LogP contribution in [0.2, 0.25) is 5.02 Å². The first-order chi connectivity index (χ1) is 14.7. The molecule has 1 aliphatic carbocycles. The number of benzene rings is 3. The summed E-state index contributed by atoms with van der Waals surface area (Å²) < 4.78 is 5.88. The molecule has 0 aromatic heterocycles. The lowest BCUT2D eigenvalue weighted by molar-refractivity contribution is -0.117. The first-order valence-corrected chi connectivity index (χ1v) is 10.3. The molecule has 1 N–H and O–H groups in total. The second-order valence-corrected chi connectivity index (χ2v) is 7.79. The number of para-hydroxylation sites is 1. The molecule has 150 valence electrons. The van der Waals surface area contributed by atoms with E-state index in [-0.39, 0.29) is 17.7 Å². The highest BCUT2D eigenvalue weighted by Gasteiger charge is 2.44. The van der Waals surface area contributed by atoms with Gasteiger partial charge in [0.15, 0.2) is 0 Å². The Balaban J connectivity index is 1.38. The minimum Gasteiger partial charge on any atom is -0.489 e. The number of nitrogens with one attached hydrogen (secondary N) is 1. The van der Waals surface area contributed by atoms with Crippen LogP contribution in [-0.4, -0.2) is 5.91 Å². The van der Waals surface area contributed by atoms with Gasteiger partial charge in [0, 0.05) is 22.2 Å². The number of ether oxygens (including phenoxy) is 1. The van der Waals surface area contributed by atoms with Crippen molar-refractivity contribution in [3.63, 3.8) is 0 Å². The largest absolute Gasteiger partial charge is 0.489 e. The highest BCUT2D eigenvalue weighted by molar-refractivity contribution is 6.31. The third-order valence-corrected chi connectivity index (χ3v) is 5.65. The molecule has 4 rings (SSSR count). The van der Waals surface area contributed by atoms with E-state index in [1.54, 1.807) is 0 Å². The van der Waals surface area contributed by atoms with Crippen molar-refractivity contribution < 1.29 is 9.53 Å². The molecule has 0 saturated heterocycles. The smallest absolute Gasteiger partial charge is 0.228 e. The van der Waals surface area contributed by atoms with Crippen molar-refractivity contribution >= 4 is 23.2 Å². The molecule has 0 aliphatic heterocycles. The molecule has 2 unspecified atom stereocenters. The molecule has 4 nitrogen and oxygen atoms in total. The summed E-state index contributed by atoms with van der Waals surface area (Å²) in [7, 11) is 0. The standard InChI is InChI=1S/C25H21ClN2O2/c26-23-7-3-2-6-20(23)21-15-22(21)25(29)28-24-8-4-1-5-18(24)16-30-19-11-9-17(10-12-19)13-14-27/h1-12,21-22H,13,15-16H2,(H,28,29). The topological polar surface area (TPSA) is 62.1 Å². The van der Waals surface area contributed by atoms with Crippen molar-refractivity contribution in [2.45, 2.75) is 25.4 Å². The van der Waals surface area contributed by atoms with E-state index >= 15 is 0 Å². The van der Waals surface area contributed by atoms with Crippen molar-refractivity contribution in [3.8, 4) is 11.8 Å². The lowest BCUT2D eigenvalue weighted by atomic mass is 10.1. The van der Waals surface area contributed by atoms with E-state index in [0.717, 1.165) is 34.5 Å². The number of rotatable bonds is 7. The molecule has 1 fully saturated rings. The Bertz CT molecular complexity index is 1090. The maximum absolute atomic E-state index is 12.8. The summed E-state index contributed by atoms with van der Waals surface area (Å²) in [4.78, 5) is 12.8. The molecule has 30 heavy (non-hydrogen) atoms. The molecule has 0 heterocycles. The van der Waals surface area contributed by atoms with Crippen molar-refractivity contribution in [2.75, 3.05) is 5.32 Å². The van der Waals surface area contributed by atoms with E-state index < -0.39 is 0 Å². The second-order valence-electron chi connectivity index (χ2n) is 7.38. The molecule has 1 amide bonds. The number of anilines is 1. The number of hydrogen-bond donors (Lipinski definition) is 1. The maximum atomic E-state index is 12.8. The van der Waals surface area contributed by atoms with Gasteiger partial charge in [0.2, 0.25) is 5.91 Å². The van der Waals surface area contributed by atoms with Crippen molar-refractivity contribution in [2.24, 2.45) is 5.92 Å². The summed E-state index contributed by atoms with van der Waals surface area (Å²) in [5.74, 6) is 0.840. The van der Waals surface area contributed by atoms with Crippen LogP contribution in [0.15, 0.2) is 72.8 Å². The number of hydrogen-bond acceptors (Lipinski definition) is 3. The van der Waals surface area contributed by atoms with Crippen LogP contribution in [0.3, 0.4) is 0 Å². The lowest BCUT2D eigenvalue weighted by Gasteiger charge is -2.13. The van der Waals surface area contributed by atoms with Crippen molar-refractivity contribution in [1.29, 1.82) is 5.26 Å². The molecule has 0 radical (unpaired) electrons. The van der Waals surface area contributed by atoms with Gasteiger partial charge in [-0.3, -0.25) is 4.79 Å². The number of halogens is 1. The zero-order chi connectivity index (χ0) is 20.9. The molecule has 3 aromatic rings. The van der Waals surface area contributed by atoms with Crippen molar-refractivity contribution in [3.05, 3.63) is 94.5 Å². The molecule has 3 aromatic carbocycles. The van der Waals surface area contributed by atoms with Gasteiger partial charge in [0.1, 0.15) is 12.4 Å². The summed E-state index contributed by atoms with van der Waals surface area (Å²) in [6, 6.07) is 25.0. The highest BCUT2D eigenvalue weighted by atomic mass is 35.5. The molecule has 1 aliphatic rings. The maximum Gasteiger partial charge on any atom is 0.228 e. The van der Waals surface area contributed by atoms with E-state index in [1.807, 2.05) is 72.8 Å². The van der Waals surface area contributed by atoms with E-state index in [9.17, 15) is 4.79 Å². The second kappa shape index (κ2) is 9.02. The van der Waals surface area contributed by atoms with Crippen LogP contribution < -0.4 is 10.1 Å². The van der Waals surface area contributed by atoms with Crippen LogP contribution in [0, 0.1) is 17.2 Å². The Kier molecular flexibility index (Phi) is 6.02. The fourth-order valence-electron chi connectivity index (χ4n) is 3.55. The van der Waals surface area contributed by atoms with Gasteiger partial charge in [-0.15, -0.1) is 0 Å². The lowest BCUT2D eigenvalue weighted by Crippen LogP contribution is -2.16. The molecular formula is C25H21ClN2O2. The predicted octanol–water partition coefficient (Wildman–Crippen LogP) is 5.73. The highest BCUT2D eigenvalue weighted by Crippen LogP contribution is 2.50. The van der Waals surface area contributed by atoms with Gasteiger partial charge in [-0.05, 0) is 47.7 Å². The fourth-order valence-corrected chi connectivity index (χ4v) is 3.83. The minimum absolute atomic E-state index is 0.00762. The molecular weight excluding hydrogens is 396 g/mol. The van der Waals surface area contributed by atoms with Crippen LogP contribution in [0.1, 0.15) is 29.0 Å². The van der Waals surface area contributed by atoms with E-state index in [0.29, 0.717) is 18.1 Å². The number of nitriles is 1. The predicted molar refractivity (Wildman–Crippen MR) is 117 cm³/mol. The Hall–Kier alpha value is -3.29. The van der Waals surface area contributed by atoms with E-state index in [1.165, 1.54) is 0 Å². The third-order valence-electron chi connectivity index (χ3n) is 5.31. The summed E-state index contributed by atoms with van der Waals surface area (Å²) in [5.41, 5.74) is 3.65. The Morgan fingerprint density at radius 1 is 1.07 bits per heavy atom. The summed E-state index contributed by atoms with van der Waals surface area (Å²) >= 11 is 6.28. The molecule has 1 saturated carbocycles. The molecule has 2 atom stereocenters. The van der Waals surface area contributed by atoms with Gasteiger partial charge in [-0.2, -0.15) is 5.26 Å². The number of nitrogens with zero attached hydrogens (tertiary/aromatic N) is 1.